The van der Waals surface area contributed by atoms with Gasteiger partial charge in [-0.3, -0.25) is 20.1 Å². The Morgan fingerprint density at radius 2 is 1.89 bits per heavy atom. The fraction of sp³-hybridized carbons (Fsp3) is 0.517. The number of likely N-dealkylation sites (tertiary alicyclic amines) is 1. The van der Waals surface area contributed by atoms with E-state index in [-0.39, 0.29) is 24.0 Å². The minimum Gasteiger partial charge on any atom is -0.491 e. The molecule has 1 N–H and O–H groups in total. The summed E-state index contributed by atoms with van der Waals surface area (Å²) in [4.78, 5) is 22.7. The third kappa shape index (κ3) is 5.70. The number of rotatable bonds is 6. The van der Waals surface area contributed by atoms with Crippen LogP contribution in [0.25, 0.3) is 0 Å². The molecule has 0 unspecified atom stereocenters. The molecule has 0 bridgehead atoms. The van der Waals surface area contributed by atoms with E-state index in [4.69, 9.17) is 9.73 Å². The molecule has 37 heavy (non-hydrogen) atoms. The maximum atomic E-state index is 14.3. The first kappa shape index (κ1) is 26.2. The molecule has 2 saturated heterocycles. The van der Waals surface area contributed by atoms with Crippen LogP contribution < -0.4 is 15.0 Å². The van der Waals surface area contributed by atoms with Crippen molar-refractivity contribution in [2.75, 3.05) is 18.0 Å². The van der Waals surface area contributed by atoms with E-state index in [1.165, 1.54) is 37.0 Å². The molecule has 0 atom stereocenters. The number of benzene rings is 2. The molecule has 3 aliphatic rings. The van der Waals surface area contributed by atoms with E-state index in [1.54, 1.807) is 11.0 Å². The fourth-order valence-electron chi connectivity index (χ4n) is 5.91. The van der Waals surface area contributed by atoms with Gasteiger partial charge in [0.1, 0.15) is 22.9 Å². The predicted molar refractivity (Wildman–Crippen MR) is 149 cm³/mol. The number of anilines is 1. The van der Waals surface area contributed by atoms with Crippen LogP contribution in [0, 0.1) is 5.82 Å². The van der Waals surface area contributed by atoms with Crippen molar-refractivity contribution in [1.29, 1.82) is 0 Å². The Bertz CT molecular complexity index is 1160. The Balaban J connectivity index is 1.41. The van der Waals surface area contributed by atoms with E-state index >= 15 is 0 Å². The summed E-state index contributed by atoms with van der Waals surface area (Å²) in [7, 11) is 0. The monoisotopic (exact) mass is 570 g/mol. The zero-order valence-electron chi connectivity index (χ0n) is 21.7. The lowest BCUT2D eigenvalue weighted by Gasteiger charge is -2.44. The number of hydrogen-bond acceptors (Lipinski definition) is 4. The lowest BCUT2D eigenvalue weighted by molar-refractivity contribution is 0.183. The van der Waals surface area contributed by atoms with Crippen molar-refractivity contribution in [1.82, 2.24) is 10.2 Å². The summed E-state index contributed by atoms with van der Waals surface area (Å²) in [5.41, 5.74) is 1.15. The van der Waals surface area contributed by atoms with Crippen LogP contribution in [0.1, 0.15) is 64.4 Å². The van der Waals surface area contributed by atoms with Crippen LogP contribution in [0.3, 0.4) is 0 Å². The van der Waals surface area contributed by atoms with Crippen molar-refractivity contribution in [2.24, 2.45) is 4.99 Å². The minimum atomic E-state index is -0.607. The number of amidine groups is 1. The van der Waals surface area contributed by atoms with Crippen LogP contribution in [0.15, 0.2) is 51.9 Å². The molecular formula is C29H36BrFN4O2. The van der Waals surface area contributed by atoms with Crippen molar-refractivity contribution in [3.63, 3.8) is 0 Å². The highest BCUT2D eigenvalue weighted by Gasteiger charge is 2.53. The molecule has 2 heterocycles. The largest absolute Gasteiger partial charge is 0.491 e. The SMILES string of the molecule is CC(C)Oc1cccc(CN2CCC3(CC2)C(=NC2CCCCC2)NC(=O)N3c2cc(F)ccc2Br)c1. The van der Waals surface area contributed by atoms with Gasteiger partial charge in [0.2, 0.25) is 0 Å². The second kappa shape index (κ2) is 11.1. The Labute approximate surface area is 227 Å². The Morgan fingerprint density at radius 1 is 1.14 bits per heavy atom. The highest BCUT2D eigenvalue weighted by Crippen LogP contribution is 2.42. The van der Waals surface area contributed by atoms with E-state index < -0.39 is 5.54 Å². The lowest BCUT2D eigenvalue weighted by atomic mass is 9.84. The molecule has 2 aromatic carbocycles. The highest BCUT2D eigenvalue weighted by atomic mass is 79.9. The Kier molecular flexibility index (Phi) is 7.86. The molecule has 1 aliphatic carbocycles. The Hall–Kier alpha value is -2.45. The first-order valence-corrected chi connectivity index (χ1v) is 14.3. The van der Waals surface area contributed by atoms with E-state index in [2.05, 4.69) is 38.3 Å². The molecule has 2 aromatic rings. The molecule has 2 aliphatic heterocycles. The molecular weight excluding hydrogens is 535 g/mol. The Morgan fingerprint density at radius 3 is 2.62 bits per heavy atom. The number of ether oxygens (including phenoxy) is 1. The van der Waals surface area contributed by atoms with Gasteiger partial charge in [0, 0.05) is 24.1 Å². The number of halogens is 2. The first-order valence-electron chi connectivity index (χ1n) is 13.5. The van der Waals surface area contributed by atoms with E-state index in [0.29, 0.717) is 10.2 Å². The van der Waals surface area contributed by atoms with Crippen molar-refractivity contribution >= 4 is 33.5 Å². The number of aliphatic imine (C=N–C) groups is 1. The van der Waals surface area contributed by atoms with Gasteiger partial charge in [-0.1, -0.05) is 31.4 Å². The number of hydrogen-bond donors (Lipinski definition) is 1. The fourth-order valence-corrected chi connectivity index (χ4v) is 6.33. The van der Waals surface area contributed by atoms with Crippen LogP contribution in [-0.2, 0) is 6.54 Å². The number of carbonyl (C=O) groups is 1. The van der Waals surface area contributed by atoms with Crippen molar-refractivity contribution in [3.05, 3.63) is 58.3 Å². The van der Waals surface area contributed by atoms with Gasteiger partial charge >= 0.3 is 6.03 Å². The molecule has 5 rings (SSSR count). The molecule has 8 heteroatoms. The van der Waals surface area contributed by atoms with Crippen LogP contribution >= 0.6 is 15.9 Å². The van der Waals surface area contributed by atoms with Gasteiger partial charge in [-0.2, -0.15) is 0 Å². The van der Waals surface area contributed by atoms with Crippen molar-refractivity contribution in [2.45, 2.75) is 83.0 Å². The van der Waals surface area contributed by atoms with Gasteiger partial charge in [-0.25, -0.2) is 9.18 Å². The van der Waals surface area contributed by atoms with Gasteiger partial charge < -0.3 is 4.74 Å². The normalized spacial score (nSPS) is 21.7. The lowest BCUT2D eigenvalue weighted by Crippen LogP contribution is -2.57. The zero-order chi connectivity index (χ0) is 26.0. The maximum absolute atomic E-state index is 14.3. The quantitative estimate of drug-likeness (QED) is 0.422. The molecule has 0 aromatic heterocycles. The molecule has 6 nitrogen and oxygen atoms in total. The molecule has 3 fully saturated rings. The molecule has 0 radical (unpaired) electrons. The van der Waals surface area contributed by atoms with Gasteiger partial charge in [0.15, 0.2) is 0 Å². The van der Waals surface area contributed by atoms with E-state index in [0.717, 1.165) is 56.9 Å². The molecule has 2 amide bonds. The van der Waals surface area contributed by atoms with Crippen LogP contribution in [0.2, 0.25) is 0 Å². The molecule has 1 spiro atoms. The average Bonchev–Trinajstić information content (AvgIpc) is 3.12. The van der Waals surface area contributed by atoms with Gasteiger partial charge in [0.25, 0.3) is 0 Å². The number of carbonyl (C=O) groups excluding carboxylic acids is 1. The summed E-state index contributed by atoms with van der Waals surface area (Å²) in [6.45, 7) is 6.48. The predicted octanol–water partition coefficient (Wildman–Crippen LogP) is 6.67. The van der Waals surface area contributed by atoms with E-state index in [1.807, 2.05) is 26.0 Å². The summed E-state index contributed by atoms with van der Waals surface area (Å²) in [5.74, 6) is 1.28. The summed E-state index contributed by atoms with van der Waals surface area (Å²) in [6, 6.07) is 12.8. The summed E-state index contributed by atoms with van der Waals surface area (Å²) >= 11 is 3.57. The van der Waals surface area contributed by atoms with Crippen molar-refractivity contribution < 1.29 is 13.9 Å². The minimum absolute atomic E-state index is 0.132. The van der Waals surface area contributed by atoms with Gasteiger partial charge in [-0.05, 0) is 91.4 Å². The number of nitrogens with one attached hydrogen (secondary N) is 1. The second-order valence-electron chi connectivity index (χ2n) is 10.8. The summed E-state index contributed by atoms with van der Waals surface area (Å²) in [6.07, 6.45) is 7.29. The van der Waals surface area contributed by atoms with Gasteiger partial charge in [0.05, 0.1) is 17.8 Å². The van der Waals surface area contributed by atoms with Gasteiger partial charge in [-0.15, -0.1) is 0 Å². The smallest absolute Gasteiger partial charge is 0.328 e. The third-order valence-corrected chi connectivity index (χ3v) is 8.36. The molecule has 198 valence electrons. The van der Waals surface area contributed by atoms with E-state index in [9.17, 15) is 9.18 Å². The third-order valence-electron chi connectivity index (χ3n) is 7.69. The topological polar surface area (TPSA) is 57.2 Å². The number of piperidine rings is 1. The maximum Gasteiger partial charge on any atom is 0.328 e. The highest BCUT2D eigenvalue weighted by molar-refractivity contribution is 9.10. The molecule has 1 saturated carbocycles. The van der Waals surface area contributed by atoms with Crippen molar-refractivity contribution in [3.8, 4) is 5.75 Å². The average molecular weight is 572 g/mol. The summed E-state index contributed by atoms with van der Waals surface area (Å²) in [5, 5.41) is 3.11. The van der Waals surface area contributed by atoms with Crippen LogP contribution in [0.5, 0.6) is 5.75 Å². The zero-order valence-corrected chi connectivity index (χ0v) is 23.3. The standard InChI is InChI=1S/C29H36BrFN4O2/c1-20(2)37-24-10-6-7-21(17-24)19-34-15-13-29(14-16-34)27(32-23-8-4-3-5-9-23)33-28(36)35(29)26-18-22(31)11-12-25(26)30/h6-7,10-12,17-18,20,23H,3-5,8-9,13-16,19H2,1-2H3,(H,32,33,36). The van der Waals surface area contributed by atoms with Crippen LogP contribution in [-0.4, -0.2) is 47.5 Å². The van der Waals surface area contributed by atoms with Crippen LogP contribution in [0.4, 0.5) is 14.9 Å². The number of urea groups is 1. The number of nitrogens with zero attached hydrogens (tertiary/aromatic N) is 3. The second-order valence-corrected chi connectivity index (χ2v) is 11.6. The summed E-state index contributed by atoms with van der Waals surface area (Å²) < 4.78 is 20.9. The number of amides is 2. The first-order chi connectivity index (χ1) is 17.8.